The van der Waals surface area contributed by atoms with E-state index in [1.54, 1.807) is 18.2 Å². The lowest BCUT2D eigenvalue weighted by Crippen LogP contribution is -2.22. The summed E-state index contributed by atoms with van der Waals surface area (Å²) < 4.78 is 5.18. The highest BCUT2D eigenvalue weighted by Gasteiger charge is 2.12. The zero-order valence-corrected chi connectivity index (χ0v) is 11.6. The van der Waals surface area contributed by atoms with Gasteiger partial charge in [-0.3, -0.25) is 0 Å². The lowest BCUT2D eigenvalue weighted by molar-refractivity contribution is 0.417. The summed E-state index contributed by atoms with van der Waals surface area (Å²) in [5, 5.41) is 8.17. The monoisotopic (exact) mass is 285 g/mol. The number of hydrogen-bond donors (Lipinski definition) is 1. The Morgan fingerprint density at radius 1 is 1.33 bits per heavy atom. The van der Waals surface area contributed by atoms with Crippen molar-refractivity contribution in [1.29, 1.82) is 0 Å². The van der Waals surface area contributed by atoms with Crippen LogP contribution in [0.2, 0.25) is 10.0 Å². The molecule has 96 valence electrons. The fourth-order valence-electron chi connectivity index (χ4n) is 1.39. The number of nitrogens with one attached hydrogen (secondary N) is 1. The summed E-state index contributed by atoms with van der Waals surface area (Å²) >= 11 is 11.9. The lowest BCUT2D eigenvalue weighted by atomic mass is 10.2. The van der Waals surface area contributed by atoms with Crippen LogP contribution < -0.4 is 5.32 Å². The third-order valence-electron chi connectivity index (χ3n) is 2.30. The van der Waals surface area contributed by atoms with Crippen molar-refractivity contribution in [2.75, 3.05) is 0 Å². The molecule has 2 rings (SSSR count). The zero-order chi connectivity index (χ0) is 13.1. The van der Waals surface area contributed by atoms with Crippen LogP contribution in [0.3, 0.4) is 0 Å². The van der Waals surface area contributed by atoms with Crippen molar-refractivity contribution in [3.63, 3.8) is 0 Å². The number of benzene rings is 1. The molecule has 6 heteroatoms. The number of nitrogens with zero attached hydrogens (tertiary/aromatic N) is 2. The van der Waals surface area contributed by atoms with E-state index in [1.807, 2.05) is 0 Å². The smallest absolute Gasteiger partial charge is 0.259 e. The van der Waals surface area contributed by atoms with Crippen LogP contribution >= 0.6 is 23.2 Å². The van der Waals surface area contributed by atoms with Crippen LogP contribution in [0.15, 0.2) is 22.7 Å². The quantitative estimate of drug-likeness (QED) is 0.934. The molecule has 1 aromatic carbocycles. The van der Waals surface area contributed by atoms with Crippen molar-refractivity contribution in [2.45, 2.75) is 26.4 Å². The molecule has 1 N–H and O–H groups in total. The van der Waals surface area contributed by atoms with Crippen molar-refractivity contribution in [3.05, 3.63) is 34.1 Å². The first-order valence-electron chi connectivity index (χ1n) is 5.57. The molecule has 0 aliphatic rings. The topological polar surface area (TPSA) is 51.0 Å². The molecule has 18 heavy (non-hydrogen) atoms. The number of aromatic nitrogens is 2. The largest absolute Gasteiger partial charge is 0.334 e. The van der Waals surface area contributed by atoms with E-state index < -0.39 is 0 Å². The van der Waals surface area contributed by atoms with Crippen LogP contribution in [-0.4, -0.2) is 16.2 Å². The number of hydrogen-bond acceptors (Lipinski definition) is 4. The van der Waals surface area contributed by atoms with Gasteiger partial charge in [0.2, 0.25) is 0 Å². The van der Waals surface area contributed by atoms with Crippen LogP contribution in [0.25, 0.3) is 11.5 Å². The van der Waals surface area contributed by atoms with Crippen LogP contribution in [0.4, 0.5) is 0 Å². The van der Waals surface area contributed by atoms with Gasteiger partial charge in [0.05, 0.1) is 17.1 Å². The highest BCUT2D eigenvalue weighted by Crippen LogP contribution is 2.28. The Morgan fingerprint density at radius 2 is 2.11 bits per heavy atom. The van der Waals surface area contributed by atoms with E-state index >= 15 is 0 Å². The van der Waals surface area contributed by atoms with Gasteiger partial charge in [0, 0.05) is 11.1 Å². The SMILES string of the molecule is CC(C)NCc1noc(-c2ccc(Cl)cc2Cl)n1. The Hall–Kier alpha value is -1.10. The molecule has 0 atom stereocenters. The molecule has 0 aliphatic heterocycles. The van der Waals surface area contributed by atoms with Crippen molar-refractivity contribution >= 4 is 23.2 Å². The Balaban J connectivity index is 2.18. The Morgan fingerprint density at radius 3 is 2.78 bits per heavy atom. The highest BCUT2D eigenvalue weighted by atomic mass is 35.5. The molecule has 0 fully saturated rings. The van der Waals surface area contributed by atoms with E-state index in [0.29, 0.717) is 39.9 Å². The van der Waals surface area contributed by atoms with E-state index in [4.69, 9.17) is 27.7 Å². The summed E-state index contributed by atoms with van der Waals surface area (Å²) in [5.41, 5.74) is 0.685. The van der Waals surface area contributed by atoms with Gasteiger partial charge in [-0.2, -0.15) is 4.98 Å². The van der Waals surface area contributed by atoms with Gasteiger partial charge in [-0.15, -0.1) is 0 Å². The second-order valence-electron chi connectivity index (χ2n) is 4.18. The summed E-state index contributed by atoms with van der Waals surface area (Å²) in [5.74, 6) is 1.00. The summed E-state index contributed by atoms with van der Waals surface area (Å²) in [7, 11) is 0. The van der Waals surface area contributed by atoms with E-state index in [1.165, 1.54) is 0 Å². The average Bonchev–Trinajstić information content (AvgIpc) is 2.75. The number of rotatable bonds is 4. The first kappa shape index (κ1) is 13.3. The first-order chi connectivity index (χ1) is 8.56. The maximum atomic E-state index is 6.07. The van der Waals surface area contributed by atoms with Gasteiger partial charge in [0.1, 0.15) is 0 Å². The normalized spacial score (nSPS) is 11.2. The minimum atomic E-state index is 0.367. The molecule has 0 unspecified atom stereocenters. The van der Waals surface area contributed by atoms with E-state index in [0.717, 1.165) is 0 Å². The molecular weight excluding hydrogens is 273 g/mol. The highest BCUT2D eigenvalue weighted by molar-refractivity contribution is 6.36. The molecule has 4 nitrogen and oxygen atoms in total. The summed E-state index contributed by atoms with van der Waals surface area (Å²) in [6.07, 6.45) is 0. The standard InChI is InChI=1S/C12H13Cl2N3O/c1-7(2)15-6-11-16-12(18-17-11)9-4-3-8(13)5-10(9)14/h3-5,7,15H,6H2,1-2H3. The Kier molecular flexibility index (Phi) is 4.22. The first-order valence-corrected chi connectivity index (χ1v) is 6.33. The molecule has 0 amide bonds. The van der Waals surface area contributed by atoms with Gasteiger partial charge < -0.3 is 9.84 Å². The molecule has 0 aliphatic carbocycles. The molecule has 0 spiro atoms. The molecule has 1 aromatic heterocycles. The molecule has 2 aromatic rings. The van der Waals surface area contributed by atoms with Crippen LogP contribution in [0, 0.1) is 0 Å². The second-order valence-corrected chi connectivity index (χ2v) is 5.02. The van der Waals surface area contributed by atoms with Gasteiger partial charge in [0.15, 0.2) is 5.82 Å². The maximum Gasteiger partial charge on any atom is 0.259 e. The fraction of sp³-hybridized carbons (Fsp3) is 0.333. The molecular formula is C12H13Cl2N3O. The average molecular weight is 286 g/mol. The third kappa shape index (κ3) is 3.22. The van der Waals surface area contributed by atoms with Gasteiger partial charge >= 0.3 is 0 Å². The van der Waals surface area contributed by atoms with Gasteiger partial charge in [0.25, 0.3) is 5.89 Å². The summed E-state index contributed by atoms with van der Waals surface area (Å²) in [6.45, 7) is 4.67. The van der Waals surface area contributed by atoms with Gasteiger partial charge in [-0.05, 0) is 18.2 Å². The Bertz CT molecular complexity index is 540. The predicted molar refractivity (Wildman–Crippen MR) is 71.7 cm³/mol. The van der Waals surface area contributed by atoms with E-state index in [-0.39, 0.29) is 0 Å². The third-order valence-corrected chi connectivity index (χ3v) is 2.85. The minimum absolute atomic E-state index is 0.367. The van der Waals surface area contributed by atoms with Crippen molar-refractivity contribution in [2.24, 2.45) is 0 Å². The molecule has 0 bridgehead atoms. The molecule has 0 saturated heterocycles. The molecule has 0 radical (unpaired) electrons. The second kappa shape index (κ2) is 5.69. The lowest BCUT2D eigenvalue weighted by Gasteiger charge is -2.03. The summed E-state index contributed by atoms with van der Waals surface area (Å²) in [6, 6.07) is 5.51. The van der Waals surface area contributed by atoms with Crippen molar-refractivity contribution in [1.82, 2.24) is 15.5 Å². The van der Waals surface area contributed by atoms with Crippen LogP contribution in [-0.2, 0) is 6.54 Å². The van der Waals surface area contributed by atoms with Crippen LogP contribution in [0.5, 0.6) is 0 Å². The summed E-state index contributed by atoms with van der Waals surface area (Å²) in [4.78, 5) is 4.28. The molecule has 0 saturated carbocycles. The molecule has 1 heterocycles. The number of halogens is 2. The fourth-order valence-corrected chi connectivity index (χ4v) is 1.88. The van der Waals surface area contributed by atoms with Crippen molar-refractivity contribution < 1.29 is 4.52 Å². The Labute approximate surface area is 115 Å². The van der Waals surface area contributed by atoms with Gasteiger partial charge in [-0.25, -0.2) is 0 Å². The maximum absolute atomic E-state index is 6.07. The van der Waals surface area contributed by atoms with Gasteiger partial charge in [-0.1, -0.05) is 42.2 Å². The van der Waals surface area contributed by atoms with E-state index in [9.17, 15) is 0 Å². The zero-order valence-electron chi connectivity index (χ0n) is 10.1. The van der Waals surface area contributed by atoms with Crippen molar-refractivity contribution in [3.8, 4) is 11.5 Å². The van der Waals surface area contributed by atoms with E-state index in [2.05, 4.69) is 29.3 Å². The predicted octanol–water partition coefficient (Wildman–Crippen LogP) is 3.54. The van der Waals surface area contributed by atoms with Crippen LogP contribution in [0.1, 0.15) is 19.7 Å². The minimum Gasteiger partial charge on any atom is -0.334 e.